The Bertz CT molecular complexity index is 766. The maximum Gasteiger partial charge on any atom is 0.157 e. The lowest BCUT2D eigenvalue weighted by atomic mass is 10.1. The van der Waals surface area contributed by atoms with Gasteiger partial charge < -0.3 is 5.32 Å². The van der Waals surface area contributed by atoms with Crippen LogP contribution in [0.15, 0.2) is 60.2 Å². The Hall–Kier alpha value is -2.59. The molecule has 0 radical (unpaired) electrons. The first kappa shape index (κ1) is 17.8. The van der Waals surface area contributed by atoms with E-state index in [0.29, 0.717) is 29.8 Å². The van der Waals surface area contributed by atoms with Crippen molar-refractivity contribution in [1.29, 1.82) is 0 Å². The molecule has 0 bridgehead atoms. The molecule has 0 aliphatic heterocycles. The number of rotatable bonds is 7. The third-order valence-electron chi connectivity index (χ3n) is 3.47. The van der Waals surface area contributed by atoms with Crippen LogP contribution in [0.4, 0.5) is 8.78 Å². The lowest BCUT2D eigenvalue weighted by Crippen LogP contribution is -2.20. The summed E-state index contributed by atoms with van der Waals surface area (Å²) < 4.78 is 27.1. The van der Waals surface area contributed by atoms with Crippen LogP contribution in [0.5, 0.6) is 0 Å². The summed E-state index contributed by atoms with van der Waals surface area (Å²) in [5.74, 6) is -0.767. The molecule has 0 aromatic heterocycles. The van der Waals surface area contributed by atoms with Gasteiger partial charge in [-0.2, -0.15) is 0 Å². The van der Waals surface area contributed by atoms with Gasteiger partial charge in [-0.25, -0.2) is 8.78 Å². The number of nitrogens with one attached hydrogen (secondary N) is 1. The van der Waals surface area contributed by atoms with Crippen molar-refractivity contribution in [2.75, 3.05) is 13.1 Å². The molecule has 0 heterocycles. The van der Waals surface area contributed by atoms with Gasteiger partial charge in [0.15, 0.2) is 5.78 Å². The van der Waals surface area contributed by atoms with Gasteiger partial charge in [-0.05, 0) is 25.1 Å². The number of ketones is 1. The van der Waals surface area contributed by atoms with Crippen LogP contribution in [0.25, 0.3) is 12.2 Å². The Labute approximate surface area is 140 Å². The van der Waals surface area contributed by atoms with Crippen molar-refractivity contribution in [2.24, 2.45) is 0 Å². The minimum Gasteiger partial charge on any atom is -0.309 e. The monoisotopic (exact) mass is 327 g/mol. The van der Waals surface area contributed by atoms with E-state index in [9.17, 15) is 13.6 Å². The lowest BCUT2D eigenvalue weighted by Gasteiger charge is -2.05. The van der Waals surface area contributed by atoms with Crippen molar-refractivity contribution in [2.45, 2.75) is 6.92 Å². The van der Waals surface area contributed by atoms with Gasteiger partial charge in [0.1, 0.15) is 11.6 Å². The highest BCUT2D eigenvalue weighted by molar-refractivity contribution is 5.98. The molecular weight excluding hydrogens is 308 g/mol. The summed E-state index contributed by atoms with van der Waals surface area (Å²) in [6.45, 7) is 2.23. The number of halogens is 2. The topological polar surface area (TPSA) is 29.1 Å². The van der Waals surface area contributed by atoms with E-state index in [2.05, 4.69) is 5.32 Å². The SMILES string of the molecule is CC(=O)/C(=C/c1ccccc1F)CNC/C=C\c1ccccc1F. The van der Waals surface area contributed by atoms with Gasteiger partial charge in [0.05, 0.1) is 0 Å². The molecule has 0 aliphatic carbocycles. The number of Topliss-reactive ketones (excluding diaryl/α,β-unsaturated/α-hetero) is 1. The fourth-order valence-corrected chi connectivity index (χ4v) is 2.14. The molecule has 2 rings (SSSR count). The molecule has 0 amide bonds. The summed E-state index contributed by atoms with van der Waals surface area (Å²) in [6, 6.07) is 12.8. The number of benzene rings is 2. The molecule has 0 spiro atoms. The maximum absolute atomic E-state index is 13.7. The first-order valence-electron chi connectivity index (χ1n) is 7.66. The summed E-state index contributed by atoms with van der Waals surface area (Å²) in [7, 11) is 0. The minimum atomic E-state index is -0.365. The average Bonchev–Trinajstić information content (AvgIpc) is 2.56. The van der Waals surface area contributed by atoms with Gasteiger partial charge in [-0.15, -0.1) is 0 Å². The lowest BCUT2D eigenvalue weighted by molar-refractivity contribution is -0.113. The Balaban J connectivity index is 1.94. The molecule has 1 N–H and O–H groups in total. The molecule has 0 atom stereocenters. The number of hydrogen-bond acceptors (Lipinski definition) is 2. The molecule has 0 saturated heterocycles. The molecule has 124 valence electrons. The second kappa shape index (κ2) is 8.89. The summed E-state index contributed by atoms with van der Waals surface area (Å²) in [5.41, 5.74) is 1.37. The predicted molar refractivity (Wildman–Crippen MR) is 93.4 cm³/mol. The Morgan fingerprint density at radius 2 is 1.58 bits per heavy atom. The summed E-state index contributed by atoms with van der Waals surface area (Å²) in [6.07, 6.45) is 5.00. The van der Waals surface area contributed by atoms with Gasteiger partial charge in [0.25, 0.3) is 0 Å². The molecule has 0 fully saturated rings. The number of hydrogen-bond donors (Lipinski definition) is 1. The van der Waals surface area contributed by atoms with Crippen LogP contribution in [-0.2, 0) is 4.79 Å². The van der Waals surface area contributed by atoms with Gasteiger partial charge >= 0.3 is 0 Å². The van der Waals surface area contributed by atoms with Crippen molar-refractivity contribution >= 4 is 17.9 Å². The van der Waals surface area contributed by atoms with E-state index in [4.69, 9.17) is 0 Å². The van der Waals surface area contributed by atoms with Crippen LogP contribution in [-0.4, -0.2) is 18.9 Å². The molecule has 0 aliphatic rings. The van der Waals surface area contributed by atoms with E-state index in [0.717, 1.165) is 0 Å². The van der Waals surface area contributed by atoms with Crippen LogP contribution < -0.4 is 5.32 Å². The summed E-state index contributed by atoms with van der Waals surface area (Å²) in [4.78, 5) is 11.7. The van der Waals surface area contributed by atoms with Crippen LogP contribution in [0.3, 0.4) is 0 Å². The first-order valence-corrected chi connectivity index (χ1v) is 7.66. The average molecular weight is 327 g/mol. The zero-order valence-electron chi connectivity index (χ0n) is 13.4. The standard InChI is InChI=1S/C20H19F2NO/c1-15(24)18(13-17-8-3-5-11-20(17)22)14-23-12-6-9-16-7-2-4-10-19(16)21/h2-11,13,23H,12,14H2,1H3/b9-6-,18-13+. The molecule has 4 heteroatoms. The smallest absolute Gasteiger partial charge is 0.157 e. The van der Waals surface area contributed by atoms with E-state index >= 15 is 0 Å². The molecule has 2 nitrogen and oxygen atoms in total. The minimum absolute atomic E-state index is 0.121. The molecule has 24 heavy (non-hydrogen) atoms. The first-order chi connectivity index (χ1) is 11.6. The van der Waals surface area contributed by atoms with Crippen LogP contribution in [0.1, 0.15) is 18.1 Å². The van der Waals surface area contributed by atoms with Crippen molar-refractivity contribution in [3.63, 3.8) is 0 Å². The van der Waals surface area contributed by atoms with Gasteiger partial charge in [-0.3, -0.25) is 4.79 Å². The van der Waals surface area contributed by atoms with Crippen molar-refractivity contribution in [3.8, 4) is 0 Å². The van der Waals surface area contributed by atoms with E-state index in [1.54, 1.807) is 54.6 Å². The van der Waals surface area contributed by atoms with Crippen LogP contribution in [0.2, 0.25) is 0 Å². The highest BCUT2D eigenvalue weighted by atomic mass is 19.1. The second-order valence-corrected chi connectivity index (χ2v) is 5.30. The zero-order valence-corrected chi connectivity index (χ0v) is 13.4. The highest BCUT2D eigenvalue weighted by Gasteiger charge is 2.05. The quantitative estimate of drug-likeness (QED) is 0.609. The molecule has 2 aromatic carbocycles. The van der Waals surface area contributed by atoms with E-state index in [-0.39, 0.29) is 17.4 Å². The van der Waals surface area contributed by atoms with E-state index in [1.807, 2.05) is 0 Å². The Morgan fingerprint density at radius 1 is 1.00 bits per heavy atom. The van der Waals surface area contributed by atoms with Crippen molar-refractivity contribution < 1.29 is 13.6 Å². The largest absolute Gasteiger partial charge is 0.309 e. The summed E-state index contributed by atoms with van der Waals surface area (Å²) >= 11 is 0. The Morgan fingerprint density at radius 3 is 2.17 bits per heavy atom. The second-order valence-electron chi connectivity index (χ2n) is 5.30. The fourth-order valence-electron chi connectivity index (χ4n) is 2.14. The Kier molecular flexibility index (Phi) is 6.58. The molecular formula is C20H19F2NO. The third-order valence-corrected chi connectivity index (χ3v) is 3.47. The highest BCUT2D eigenvalue weighted by Crippen LogP contribution is 2.12. The molecule has 0 saturated carbocycles. The maximum atomic E-state index is 13.7. The fraction of sp³-hybridized carbons (Fsp3) is 0.150. The molecule has 0 unspecified atom stereocenters. The zero-order chi connectivity index (χ0) is 17.4. The predicted octanol–water partition coefficient (Wildman–Crippen LogP) is 4.24. The number of carbonyl (C=O) groups is 1. The third kappa shape index (κ3) is 5.25. The van der Waals surface area contributed by atoms with E-state index < -0.39 is 0 Å². The van der Waals surface area contributed by atoms with Crippen LogP contribution in [0, 0.1) is 11.6 Å². The van der Waals surface area contributed by atoms with Crippen molar-refractivity contribution in [1.82, 2.24) is 5.32 Å². The summed E-state index contributed by atoms with van der Waals surface area (Å²) in [5, 5.41) is 3.08. The van der Waals surface area contributed by atoms with Crippen molar-refractivity contribution in [3.05, 3.63) is 82.9 Å². The van der Waals surface area contributed by atoms with E-state index in [1.165, 1.54) is 19.1 Å². The normalized spacial score (nSPS) is 11.9. The number of carbonyl (C=O) groups excluding carboxylic acids is 1. The molecule has 2 aromatic rings. The van der Waals surface area contributed by atoms with Gasteiger partial charge in [-0.1, -0.05) is 48.6 Å². The van der Waals surface area contributed by atoms with Gasteiger partial charge in [0, 0.05) is 29.8 Å². The van der Waals surface area contributed by atoms with Gasteiger partial charge in [0.2, 0.25) is 0 Å². The van der Waals surface area contributed by atoms with Crippen LogP contribution >= 0.6 is 0 Å².